The molecule has 0 radical (unpaired) electrons. The topological polar surface area (TPSA) is 44.1 Å². The molecule has 1 atom stereocenters. The van der Waals surface area contributed by atoms with E-state index in [9.17, 15) is 4.79 Å². The molecule has 0 saturated carbocycles. The summed E-state index contributed by atoms with van der Waals surface area (Å²) in [6.07, 6.45) is 4.42. The van der Waals surface area contributed by atoms with Crippen LogP contribution in [-0.4, -0.2) is 12.5 Å². The summed E-state index contributed by atoms with van der Waals surface area (Å²) >= 11 is 0. The number of anilines is 1. The summed E-state index contributed by atoms with van der Waals surface area (Å²) in [5.41, 5.74) is 2.14. The van der Waals surface area contributed by atoms with Crippen LogP contribution in [0.5, 0.6) is 0 Å². The molecular formula is C16H20N2O. The van der Waals surface area contributed by atoms with Crippen LogP contribution in [0.25, 0.3) is 0 Å². The maximum atomic E-state index is 12.5. The molecule has 3 heteroatoms. The molecule has 19 heavy (non-hydrogen) atoms. The van der Waals surface area contributed by atoms with Gasteiger partial charge < -0.3 is 4.90 Å². The van der Waals surface area contributed by atoms with Crippen molar-refractivity contribution in [3.63, 3.8) is 0 Å². The Bertz CT molecular complexity index is 490. The number of benzene rings is 1. The van der Waals surface area contributed by atoms with E-state index in [2.05, 4.69) is 13.0 Å². The summed E-state index contributed by atoms with van der Waals surface area (Å²) in [4.78, 5) is 14.4. The summed E-state index contributed by atoms with van der Waals surface area (Å²) < 4.78 is 0. The van der Waals surface area contributed by atoms with Gasteiger partial charge >= 0.3 is 0 Å². The minimum absolute atomic E-state index is 0.113. The van der Waals surface area contributed by atoms with Crippen LogP contribution < -0.4 is 4.90 Å². The number of rotatable bonds is 6. The average Bonchev–Trinajstić information content (AvgIpc) is 2.70. The standard InChI is InChI=1S/C16H20N2O/c1-2-3-6-12-18-15-10-5-4-8-13(15)14(16(18)19)9-7-11-17/h4-5,8,10,14H,2-3,6-7,9,12H2,1H3. The van der Waals surface area contributed by atoms with Gasteiger partial charge in [0.05, 0.1) is 12.0 Å². The number of nitrogens with zero attached hydrogens (tertiary/aromatic N) is 2. The number of carbonyl (C=O) groups excluding carboxylic acids is 1. The third-order valence-electron chi connectivity index (χ3n) is 3.70. The van der Waals surface area contributed by atoms with Crippen molar-refractivity contribution in [3.05, 3.63) is 29.8 Å². The lowest BCUT2D eigenvalue weighted by atomic mass is 9.96. The predicted octanol–water partition coefficient (Wildman–Crippen LogP) is 3.61. The Morgan fingerprint density at radius 3 is 2.84 bits per heavy atom. The summed E-state index contributed by atoms with van der Waals surface area (Å²) in [5, 5.41) is 8.73. The van der Waals surface area contributed by atoms with Gasteiger partial charge in [-0.15, -0.1) is 0 Å². The Morgan fingerprint density at radius 1 is 1.32 bits per heavy atom. The summed E-state index contributed by atoms with van der Waals surface area (Å²) in [5.74, 6) is 0.0602. The van der Waals surface area contributed by atoms with Crippen molar-refractivity contribution in [2.75, 3.05) is 11.4 Å². The molecule has 0 spiro atoms. The number of para-hydroxylation sites is 1. The van der Waals surface area contributed by atoms with Crippen molar-refractivity contribution in [2.45, 2.75) is 44.9 Å². The Kier molecular flexibility index (Phi) is 4.57. The van der Waals surface area contributed by atoms with Crippen LogP contribution in [0.15, 0.2) is 24.3 Å². The van der Waals surface area contributed by atoms with E-state index in [0.29, 0.717) is 12.8 Å². The van der Waals surface area contributed by atoms with Crippen LogP contribution in [0.3, 0.4) is 0 Å². The molecule has 1 heterocycles. The van der Waals surface area contributed by atoms with Crippen LogP contribution in [0.1, 0.15) is 50.5 Å². The second kappa shape index (κ2) is 6.38. The van der Waals surface area contributed by atoms with Crippen molar-refractivity contribution in [2.24, 2.45) is 0 Å². The minimum Gasteiger partial charge on any atom is -0.312 e. The molecule has 0 N–H and O–H groups in total. The normalized spacial score (nSPS) is 17.4. The zero-order valence-corrected chi connectivity index (χ0v) is 11.4. The Balaban J connectivity index is 2.18. The molecular weight excluding hydrogens is 236 g/mol. The number of amides is 1. The molecule has 1 aliphatic heterocycles. The fourth-order valence-electron chi connectivity index (χ4n) is 2.71. The Hall–Kier alpha value is -1.82. The SMILES string of the molecule is CCCCCN1C(=O)C(CCC#N)c2ccccc21. The second-order valence-corrected chi connectivity index (χ2v) is 5.01. The molecule has 100 valence electrons. The average molecular weight is 256 g/mol. The largest absolute Gasteiger partial charge is 0.312 e. The van der Waals surface area contributed by atoms with Crippen LogP contribution in [0, 0.1) is 11.3 Å². The maximum Gasteiger partial charge on any atom is 0.234 e. The first-order chi connectivity index (χ1) is 9.29. The lowest BCUT2D eigenvalue weighted by molar-refractivity contribution is -0.119. The van der Waals surface area contributed by atoms with Crippen molar-refractivity contribution in [3.8, 4) is 6.07 Å². The quantitative estimate of drug-likeness (QED) is 0.730. The number of hydrogen-bond acceptors (Lipinski definition) is 2. The van der Waals surface area contributed by atoms with Crippen molar-refractivity contribution >= 4 is 11.6 Å². The highest BCUT2D eigenvalue weighted by atomic mass is 16.2. The highest BCUT2D eigenvalue weighted by Gasteiger charge is 2.35. The molecule has 3 nitrogen and oxygen atoms in total. The molecule has 1 unspecified atom stereocenters. The van der Waals surface area contributed by atoms with Crippen LogP contribution in [0.2, 0.25) is 0 Å². The van der Waals surface area contributed by atoms with E-state index in [1.807, 2.05) is 29.2 Å². The van der Waals surface area contributed by atoms with E-state index < -0.39 is 0 Å². The summed E-state index contributed by atoms with van der Waals surface area (Å²) in [6, 6.07) is 10.1. The molecule has 1 aliphatic rings. The lowest BCUT2D eigenvalue weighted by Gasteiger charge is -2.17. The zero-order chi connectivity index (χ0) is 13.7. The Morgan fingerprint density at radius 2 is 2.11 bits per heavy atom. The molecule has 0 fully saturated rings. The van der Waals surface area contributed by atoms with Gasteiger partial charge in [0.2, 0.25) is 5.91 Å². The lowest BCUT2D eigenvalue weighted by Crippen LogP contribution is -2.29. The molecule has 1 amide bonds. The van der Waals surface area contributed by atoms with Gasteiger partial charge in [-0.2, -0.15) is 5.26 Å². The fourth-order valence-corrected chi connectivity index (χ4v) is 2.71. The molecule has 0 saturated heterocycles. The van der Waals surface area contributed by atoms with Gasteiger partial charge in [0.1, 0.15) is 0 Å². The van der Waals surface area contributed by atoms with E-state index >= 15 is 0 Å². The Labute approximate surface area is 114 Å². The van der Waals surface area contributed by atoms with Crippen molar-refractivity contribution in [1.82, 2.24) is 0 Å². The van der Waals surface area contributed by atoms with Gasteiger partial charge in [0, 0.05) is 18.7 Å². The van der Waals surface area contributed by atoms with E-state index in [1.54, 1.807) is 0 Å². The third-order valence-corrected chi connectivity index (χ3v) is 3.70. The smallest absolute Gasteiger partial charge is 0.234 e. The molecule has 1 aromatic rings. The highest BCUT2D eigenvalue weighted by molar-refractivity contribution is 6.04. The van der Waals surface area contributed by atoms with Gasteiger partial charge in [0.15, 0.2) is 0 Å². The first-order valence-electron chi connectivity index (χ1n) is 7.06. The van der Waals surface area contributed by atoms with Gasteiger partial charge in [-0.25, -0.2) is 0 Å². The van der Waals surface area contributed by atoms with Gasteiger partial charge in [-0.1, -0.05) is 38.0 Å². The molecule has 0 aromatic heterocycles. The van der Waals surface area contributed by atoms with Crippen LogP contribution >= 0.6 is 0 Å². The van der Waals surface area contributed by atoms with Gasteiger partial charge in [-0.3, -0.25) is 4.79 Å². The number of hydrogen-bond donors (Lipinski definition) is 0. The van der Waals surface area contributed by atoms with Crippen molar-refractivity contribution in [1.29, 1.82) is 5.26 Å². The van der Waals surface area contributed by atoms with E-state index in [-0.39, 0.29) is 11.8 Å². The molecule has 0 bridgehead atoms. The third kappa shape index (κ3) is 2.78. The number of fused-ring (bicyclic) bond motifs is 1. The maximum absolute atomic E-state index is 12.5. The predicted molar refractivity (Wildman–Crippen MR) is 75.9 cm³/mol. The summed E-state index contributed by atoms with van der Waals surface area (Å²) in [7, 11) is 0. The first-order valence-corrected chi connectivity index (χ1v) is 7.06. The highest BCUT2D eigenvalue weighted by Crippen LogP contribution is 2.39. The second-order valence-electron chi connectivity index (χ2n) is 5.01. The van der Waals surface area contributed by atoms with Crippen LogP contribution in [-0.2, 0) is 4.79 Å². The molecule has 2 rings (SSSR count). The fraction of sp³-hybridized carbons (Fsp3) is 0.500. The number of nitriles is 1. The van der Waals surface area contributed by atoms with E-state index in [0.717, 1.165) is 37.1 Å². The number of carbonyl (C=O) groups is 1. The van der Waals surface area contributed by atoms with Gasteiger partial charge in [-0.05, 0) is 24.5 Å². The first kappa shape index (κ1) is 13.6. The van der Waals surface area contributed by atoms with E-state index in [1.165, 1.54) is 0 Å². The van der Waals surface area contributed by atoms with Crippen molar-refractivity contribution < 1.29 is 4.79 Å². The summed E-state index contributed by atoms with van der Waals surface area (Å²) in [6.45, 7) is 2.96. The minimum atomic E-state index is -0.113. The van der Waals surface area contributed by atoms with Gasteiger partial charge in [0.25, 0.3) is 0 Å². The van der Waals surface area contributed by atoms with Crippen LogP contribution in [0.4, 0.5) is 5.69 Å². The zero-order valence-electron chi connectivity index (χ0n) is 11.4. The monoisotopic (exact) mass is 256 g/mol. The number of unbranched alkanes of at least 4 members (excludes halogenated alkanes) is 2. The molecule has 1 aromatic carbocycles. The molecule has 0 aliphatic carbocycles. The van der Waals surface area contributed by atoms with E-state index in [4.69, 9.17) is 5.26 Å².